The minimum Gasteiger partial charge on any atom is -0.398 e. The van der Waals surface area contributed by atoms with Crippen LogP contribution < -0.4 is 5.73 Å². The molecule has 1 unspecified atom stereocenters. The van der Waals surface area contributed by atoms with E-state index in [2.05, 4.69) is 27.8 Å². The molecule has 94 valence electrons. The maximum Gasteiger partial charge on any atom is 0.164 e. The van der Waals surface area contributed by atoms with E-state index in [-0.39, 0.29) is 0 Å². The molecule has 2 N–H and O–H groups in total. The van der Waals surface area contributed by atoms with E-state index < -0.39 is 0 Å². The van der Waals surface area contributed by atoms with Gasteiger partial charge >= 0.3 is 0 Å². The third-order valence-corrected chi connectivity index (χ3v) is 3.77. The van der Waals surface area contributed by atoms with E-state index in [9.17, 15) is 0 Å². The van der Waals surface area contributed by atoms with Crippen LogP contribution in [-0.4, -0.2) is 14.8 Å². The van der Waals surface area contributed by atoms with Crippen LogP contribution in [-0.2, 0) is 6.42 Å². The fourth-order valence-electron chi connectivity index (χ4n) is 2.62. The minimum atomic E-state index is 0.473. The lowest BCUT2D eigenvalue weighted by Crippen LogP contribution is -2.16. The number of fused-ring (bicyclic) bond motifs is 1. The van der Waals surface area contributed by atoms with E-state index >= 15 is 0 Å². The fourth-order valence-corrected chi connectivity index (χ4v) is 2.62. The van der Waals surface area contributed by atoms with Gasteiger partial charge in [-0.1, -0.05) is 12.1 Å². The normalized spacial score (nSPS) is 18.7. The summed E-state index contributed by atoms with van der Waals surface area (Å²) in [6, 6.07) is 6.58. The van der Waals surface area contributed by atoms with Gasteiger partial charge in [-0.2, -0.15) is 0 Å². The SMILES string of the molecule is Cc1ccc(-c2nnc3n2C(C)CCC3)cc1N. The first kappa shape index (κ1) is 11.3. The number of nitrogens with two attached hydrogens (primary N) is 1. The predicted octanol–water partition coefficient (Wildman–Crippen LogP) is 2.73. The molecule has 0 aliphatic carbocycles. The van der Waals surface area contributed by atoms with Crippen LogP contribution in [0.15, 0.2) is 18.2 Å². The first-order chi connectivity index (χ1) is 8.66. The Labute approximate surface area is 107 Å². The van der Waals surface area contributed by atoms with Crippen LogP contribution in [0.2, 0.25) is 0 Å². The molecule has 2 aromatic rings. The van der Waals surface area contributed by atoms with E-state index in [4.69, 9.17) is 5.73 Å². The molecule has 18 heavy (non-hydrogen) atoms. The molecule has 1 aromatic heterocycles. The molecule has 1 aliphatic heterocycles. The van der Waals surface area contributed by atoms with E-state index in [1.807, 2.05) is 19.1 Å². The van der Waals surface area contributed by atoms with Crippen LogP contribution in [0, 0.1) is 6.92 Å². The van der Waals surface area contributed by atoms with Gasteiger partial charge in [0.2, 0.25) is 0 Å². The average Bonchev–Trinajstić information content (AvgIpc) is 2.78. The monoisotopic (exact) mass is 242 g/mol. The molecule has 0 fully saturated rings. The van der Waals surface area contributed by atoms with Crippen molar-refractivity contribution >= 4 is 5.69 Å². The zero-order valence-electron chi connectivity index (χ0n) is 10.8. The number of anilines is 1. The molecule has 4 nitrogen and oxygen atoms in total. The number of rotatable bonds is 1. The maximum atomic E-state index is 5.98. The molecular formula is C14H18N4. The molecule has 2 heterocycles. The van der Waals surface area contributed by atoms with Gasteiger partial charge in [0, 0.05) is 23.7 Å². The lowest BCUT2D eigenvalue weighted by atomic mass is 10.0. The van der Waals surface area contributed by atoms with E-state index in [0.29, 0.717) is 6.04 Å². The van der Waals surface area contributed by atoms with Crippen molar-refractivity contribution in [3.05, 3.63) is 29.6 Å². The molecule has 1 atom stereocenters. The highest BCUT2D eigenvalue weighted by Gasteiger charge is 2.22. The van der Waals surface area contributed by atoms with E-state index in [1.54, 1.807) is 0 Å². The zero-order valence-corrected chi connectivity index (χ0v) is 10.8. The highest BCUT2D eigenvalue weighted by Crippen LogP contribution is 2.30. The summed E-state index contributed by atoms with van der Waals surface area (Å²) in [7, 11) is 0. The molecule has 0 amide bonds. The third-order valence-electron chi connectivity index (χ3n) is 3.77. The molecule has 0 saturated carbocycles. The van der Waals surface area contributed by atoms with Crippen molar-refractivity contribution in [2.45, 2.75) is 39.2 Å². The van der Waals surface area contributed by atoms with Crippen molar-refractivity contribution in [2.75, 3.05) is 5.73 Å². The van der Waals surface area contributed by atoms with Gasteiger partial charge in [0.15, 0.2) is 5.82 Å². The number of hydrogen-bond acceptors (Lipinski definition) is 3. The highest BCUT2D eigenvalue weighted by atomic mass is 15.3. The molecule has 0 radical (unpaired) electrons. The first-order valence-corrected chi connectivity index (χ1v) is 6.47. The van der Waals surface area contributed by atoms with Crippen molar-refractivity contribution < 1.29 is 0 Å². The molecule has 1 aromatic carbocycles. The van der Waals surface area contributed by atoms with Crippen molar-refractivity contribution in [1.29, 1.82) is 0 Å². The summed E-state index contributed by atoms with van der Waals surface area (Å²) in [5.74, 6) is 2.05. The number of hydrogen-bond donors (Lipinski definition) is 1. The molecule has 0 spiro atoms. The first-order valence-electron chi connectivity index (χ1n) is 6.47. The van der Waals surface area contributed by atoms with Gasteiger partial charge < -0.3 is 10.3 Å². The fraction of sp³-hybridized carbons (Fsp3) is 0.429. The summed E-state index contributed by atoms with van der Waals surface area (Å²) in [4.78, 5) is 0. The lowest BCUT2D eigenvalue weighted by Gasteiger charge is -2.22. The van der Waals surface area contributed by atoms with Crippen molar-refractivity contribution in [3.8, 4) is 11.4 Å². The summed E-state index contributed by atoms with van der Waals surface area (Å²) in [5.41, 5.74) is 8.96. The number of aromatic nitrogens is 3. The lowest BCUT2D eigenvalue weighted by molar-refractivity contribution is 0.429. The summed E-state index contributed by atoms with van der Waals surface area (Å²) in [5, 5.41) is 8.65. The van der Waals surface area contributed by atoms with Gasteiger partial charge in [-0.3, -0.25) is 0 Å². The molecule has 0 saturated heterocycles. The predicted molar refractivity (Wildman–Crippen MR) is 72.3 cm³/mol. The van der Waals surface area contributed by atoms with Gasteiger partial charge in [-0.05, 0) is 38.3 Å². The van der Waals surface area contributed by atoms with Crippen LogP contribution in [0.4, 0.5) is 5.69 Å². The Morgan fingerprint density at radius 1 is 1.33 bits per heavy atom. The number of nitrogen functional groups attached to an aromatic ring is 1. The van der Waals surface area contributed by atoms with Crippen LogP contribution in [0.1, 0.15) is 37.2 Å². The van der Waals surface area contributed by atoms with Crippen molar-refractivity contribution in [1.82, 2.24) is 14.8 Å². The summed E-state index contributed by atoms with van der Waals surface area (Å²) in [6.45, 7) is 4.24. The second-order valence-electron chi connectivity index (χ2n) is 5.12. The Bertz CT molecular complexity index is 585. The van der Waals surface area contributed by atoms with Crippen LogP contribution in [0.25, 0.3) is 11.4 Å². The van der Waals surface area contributed by atoms with E-state index in [1.165, 1.54) is 12.8 Å². The molecule has 3 rings (SSSR count). The summed E-state index contributed by atoms with van der Waals surface area (Å²) < 4.78 is 2.26. The van der Waals surface area contributed by atoms with Crippen molar-refractivity contribution in [2.24, 2.45) is 0 Å². The largest absolute Gasteiger partial charge is 0.398 e. The molecule has 4 heteroatoms. The standard InChI is InChI=1S/C14H18N4/c1-9-6-7-11(8-12(9)15)14-17-16-13-5-3-4-10(2)18(13)14/h6-8,10H,3-5,15H2,1-2H3. The Morgan fingerprint density at radius 2 is 2.17 bits per heavy atom. The topological polar surface area (TPSA) is 56.7 Å². The quantitative estimate of drug-likeness (QED) is 0.782. The Morgan fingerprint density at radius 3 is 2.94 bits per heavy atom. The Kier molecular flexibility index (Phi) is 2.58. The van der Waals surface area contributed by atoms with Crippen LogP contribution >= 0.6 is 0 Å². The highest BCUT2D eigenvalue weighted by molar-refractivity contribution is 5.64. The van der Waals surface area contributed by atoms with E-state index in [0.717, 1.165) is 34.9 Å². The summed E-state index contributed by atoms with van der Waals surface area (Å²) >= 11 is 0. The van der Waals surface area contributed by atoms with Gasteiger partial charge in [0.05, 0.1) is 0 Å². The third kappa shape index (κ3) is 1.68. The maximum absolute atomic E-state index is 5.98. The molecular weight excluding hydrogens is 224 g/mol. The number of benzene rings is 1. The average molecular weight is 242 g/mol. The molecule has 1 aliphatic rings. The smallest absolute Gasteiger partial charge is 0.164 e. The van der Waals surface area contributed by atoms with Crippen LogP contribution in [0.3, 0.4) is 0 Å². The second kappa shape index (κ2) is 4.12. The zero-order chi connectivity index (χ0) is 12.7. The Balaban J connectivity index is 2.12. The van der Waals surface area contributed by atoms with Gasteiger partial charge in [0.25, 0.3) is 0 Å². The van der Waals surface area contributed by atoms with Gasteiger partial charge in [-0.15, -0.1) is 10.2 Å². The minimum absolute atomic E-state index is 0.473. The molecule has 0 bridgehead atoms. The summed E-state index contributed by atoms with van der Waals surface area (Å²) in [6.07, 6.45) is 3.42. The van der Waals surface area contributed by atoms with Gasteiger partial charge in [0.1, 0.15) is 5.82 Å². The van der Waals surface area contributed by atoms with Crippen molar-refractivity contribution in [3.63, 3.8) is 0 Å². The number of aryl methyl sites for hydroxylation is 2. The van der Waals surface area contributed by atoms with Gasteiger partial charge in [-0.25, -0.2) is 0 Å². The van der Waals surface area contributed by atoms with Crippen LogP contribution in [0.5, 0.6) is 0 Å². The Hall–Kier alpha value is -1.84. The second-order valence-corrected chi connectivity index (χ2v) is 5.12. The number of nitrogens with zero attached hydrogens (tertiary/aromatic N) is 3.